The van der Waals surface area contributed by atoms with Crippen LogP contribution in [-0.4, -0.2) is 35.5 Å². The van der Waals surface area contributed by atoms with E-state index < -0.39 is 11.4 Å². The Morgan fingerprint density at radius 3 is 2.50 bits per heavy atom. The third-order valence-electron chi connectivity index (χ3n) is 3.46. The molecule has 2 unspecified atom stereocenters. The first kappa shape index (κ1) is 11.0. The minimum atomic E-state index is -0.874. The SMILES string of the molecule is C=CC1CC1(NC(=O)N1CCCC1)C(N)=O. The predicted octanol–water partition coefficient (Wildman–Crippen LogP) is 0.222. The van der Waals surface area contributed by atoms with Crippen LogP contribution < -0.4 is 11.1 Å². The van der Waals surface area contributed by atoms with E-state index >= 15 is 0 Å². The third-order valence-corrected chi connectivity index (χ3v) is 3.46. The number of urea groups is 1. The fourth-order valence-electron chi connectivity index (χ4n) is 2.25. The number of amides is 3. The van der Waals surface area contributed by atoms with Crippen molar-refractivity contribution < 1.29 is 9.59 Å². The zero-order valence-electron chi connectivity index (χ0n) is 9.24. The number of nitrogens with two attached hydrogens (primary N) is 1. The molecule has 16 heavy (non-hydrogen) atoms. The van der Waals surface area contributed by atoms with Crippen LogP contribution in [0.15, 0.2) is 12.7 Å². The average Bonchev–Trinajstić information content (AvgIpc) is 2.74. The number of carbonyl (C=O) groups excluding carboxylic acids is 2. The summed E-state index contributed by atoms with van der Waals surface area (Å²) < 4.78 is 0. The van der Waals surface area contributed by atoms with Crippen molar-refractivity contribution in [2.45, 2.75) is 24.8 Å². The molecule has 1 saturated heterocycles. The van der Waals surface area contributed by atoms with E-state index in [1.807, 2.05) is 0 Å². The quantitative estimate of drug-likeness (QED) is 0.672. The van der Waals surface area contributed by atoms with Crippen LogP contribution in [-0.2, 0) is 4.79 Å². The monoisotopic (exact) mass is 223 g/mol. The first-order chi connectivity index (χ1) is 7.60. The lowest BCUT2D eigenvalue weighted by molar-refractivity contribution is -0.121. The first-order valence-electron chi connectivity index (χ1n) is 5.60. The van der Waals surface area contributed by atoms with Gasteiger partial charge in [0.15, 0.2) is 0 Å². The summed E-state index contributed by atoms with van der Waals surface area (Å²) in [4.78, 5) is 24.9. The Labute approximate surface area is 94.7 Å². The Kier molecular flexibility index (Phi) is 2.61. The fraction of sp³-hybridized carbons (Fsp3) is 0.636. The van der Waals surface area contributed by atoms with E-state index in [-0.39, 0.29) is 11.9 Å². The molecule has 3 N–H and O–H groups in total. The first-order valence-corrected chi connectivity index (χ1v) is 5.60. The van der Waals surface area contributed by atoms with Gasteiger partial charge < -0.3 is 16.0 Å². The van der Waals surface area contributed by atoms with Crippen LogP contribution in [0, 0.1) is 5.92 Å². The molecule has 0 bridgehead atoms. The molecule has 1 aliphatic carbocycles. The third kappa shape index (κ3) is 1.66. The van der Waals surface area contributed by atoms with Gasteiger partial charge in [0.25, 0.3) is 0 Å². The van der Waals surface area contributed by atoms with Crippen molar-refractivity contribution in [3.8, 4) is 0 Å². The molecule has 1 heterocycles. The van der Waals surface area contributed by atoms with Crippen LogP contribution in [0.3, 0.4) is 0 Å². The van der Waals surface area contributed by atoms with Crippen LogP contribution in [0.2, 0.25) is 0 Å². The summed E-state index contributed by atoms with van der Waals surface area (Å²) in [5, 5.41) is 2.75. The summed E-state index contributed by atoms with van der Waals surface area (Å²) in [6.45, 7) is 5.16. The summed E-state index contributed by atoms with van der Waals surface area (Å²) in [6, 6.07) is -0.180. The number of nitrogens with one attached hydrogen (secondary N) is 1. The van der Waals surface area contributed by atoms with Crippen molar-refractivity contribution in [1.82, 2.24) is 10.2 Å². The van der Waals surface area contributed by atoms with Crippen LogP contribution in [0.1, 0.15) is 19.3 Å². The number of hydrogen-bond acceptors (Lipinski definition) is 2. The predicted molar refractivity (Wildman–Crippen MR) is 59.6 cm³/mol. The van der Waals surface area contributed by atoms with Gasteiger partial charge in [0, 0.05) is 19.0 Å². The molecule has 1 saturated carbocycles. The Morgan fingerprint density at radius 1 is 1.44 bits per heavy atom. The Morgan fingerprint density at radius 2 is 2.06 bits per heavy atom. The standard InChI is InChI=1S/C11H17N3O2/c1-2-8-7-11(8,9(12)15)13-10(16)14-5-3-4-6-14/h2,8H,1,3-7H2,(H2,12,15)(H,13,16). The molecule has 2 fully saturated rings. The molecule has 5 nitrogen and oxygen atoms in total. The number of nitrogens with zero attached hydrogens (tertiary/aromatic N) is 1. The summed E-state index contributed by atoms with van der Waals surface area (Å²) >= 11 is 0. The molecular formula is C11H17N3O2. The summed E-state index contributed by atoms with van der Waals surface area (Å²) in [7, 11) is 0. The number of likely N-dealkylation sites (tertiary alicyclic amines) is 1. The van der Waals surface area contributed by atoms with Crippen LogP contribution >= 0.6 is 0 Å². The molecule has 0 aromatic rings. The van der Waals surface area contributed by atoms with Gasteiger partial charge in [-0.15, -0.1) is 6.58 Å². The Hall–Kier alpha value is -1.52. The van der Waals surface area contributed by atoms with Gasteiger partial charge in [-0.2, -0.15) is 0 Å². The number of primary amides is 1. The minimum Gasteiger partial charge on any atom is -0.368 e. The molecule has 0 radical (unpaired) electrons. The van der Waals surface area contributed by atoms with Gasteiger partial charge >= 0.3 is 6.03 Å². The van der Waals surface area contributed by atoms with Crippen molar-refractivity contribution in [2.75, 3.05) is 13.1 Å². The molecule has 1 aliphatic heterocycles. The van der Waals surface area contributed by atoms with E-state index in [0.29, 0.717) is 6.42 Å². The van der Waals surface area contributed by atoms with E-state index in [2.05, 4.69) is 11.9 Å². The largest absolute Gasteiger partial charge is 0.368 e. The molecule has 5 heteroatoms. The highest BCUT2D eigenvalue weighted by Gasteiger charge is 2.59. The molecule has 2 rings (SSSR count). The van der Waals surface area contributed by atoms with Gasteiger partial charge in [-0.25, -0.2) is 4.79 Å². The van der Waals surface area contributed by atoms with Crippen LogP contribution in [0.5, 0.6) is 0 Å². The zero-order chi connectivity index (χ0) is 11.8. The van der Waals surface area contributed by atoms with Gasteiger partial charge in [0.2, 0.25) is 5.91 Å². The topological polar surface area (TPSA) is 75.4 Å². The zero-order valence-corrected chi connectivity index (χ0v) is 9.24. The maximum absolute atomic E-state index is 11.8. The lowest BCUT2D eigenvalue weighted by Gasteiger charge is -2.21. The molecule has 2 aliphatic rings. The van der Waals surface area contributed by atoms with E-state index in [9.17, 15) is 9.59 Å². The lowest BCUT2D eigenvalue weighted by atomic mass is 10.2. The Balaban J connectivity index is 1.99. The highest BCUT2D eigenvalue weighted by atomic mass is 16.2. The van der Waals surface area contributed by atoms with Crippen molar-refractivity contribution in [1.29, 1.82) is 0 Å². The molecule has 0 spiro atoms. The second-order valence-electron chi connectivity index (χ2n) is 4.51. The molecule has 2 atom stereocenters. The summed E-state index contributed by atoms with van der Waals surface area (Å²) in [5.74, 6) is -0.485. The van der Waals surface area contributed by atoms with E-state index in [1.165, 1.54) is 0 Å². The average molecular weight is 223 g/mol. The van der Waals surface area contributed by atoms with E-state index in [0.717, 1.165) is 25.9 Å². The van der Waals surface area contributed by atoms with Gasteiger partial charge in [-0.1, -0.05) is 6.08 Å². The molecule has 3 amide bonds. The molecule has 0 aromatic carbocycles. The van der Waals surface area contributed by atoms with Crippen molar-refractivity contribution in [3.63, 3.8) is 0 Å². The Bertz CT molecular complexity index is 336. The second kappa shape index (κ2) is 3.81. The summed E-state index contributed by atoms with van der Waals surface area (Å²) in [6.07, 6.45) is 4.31. The fourth-order valence-corrected chi connectivity index (χ4v) is 2.25. The van der Waals surface area contributed by atoms with Crippen LogP contribution in [0.25, 0.3) is 0 Å². The van der Waals surface area contributed by atoms with Gasteiger partial charge in [-0.05, 0) is 19.3 Å². The van der Waals surface area contributed by atoms with Crippen molar-refractivity contribution in [2.24, 2.45) is 11.7 Å². The molecule has 88 valence electrons. The maximum atomic E-state index is 11.8. The van der Waals surface area contributed by atoms with Crippen molar-refractivity contribution >= 4 is 11.9 Å². The maximum Gasteiger partial charge on any atom is 0.318 e. The van der Waals surface area contributed by atoms with Gasteiger partial charge in [0.1, 0.15) is 5.54 Å². The number of rotatable bonds is 3. The minimum absolute atomic E-state index is 0.0171. The van der Waals surface area contributed by atoms with Crippen molar-refractivity contribution in [3.05, 3.63) is 12.7 Å². The second-order valence-corrected chi connectivity index (χ2v) is 4.51. The number of hydrogen-bond donors (Lipinski definition) is 2. The highest BCUT2D eigenvalue weighted by Crippen LogP contribution is 2.44. The van der Waals surface area contributed by atoms with Crippen LogP contribution in [0.4, 0.5) is 4.79 Å². The van der Waals surface area contributed by atoms with E-state index in [1.54, 1.807) is 11.0 Å². The lowest BCUT2D eigenvalue weighted by Crippen LogP contribution is -2.52. The van der Waals surface area contributed by atoms with Gasteiger partial charge in [-0.3, -0.25) is 4.79 Å². The highest BCUT2D eigenvalue weighted by molar-refractivity contribution is 5.93. The summed E-state index contributed by atoms with van der Waals surface area (Å²) in [5.41, 5.74) is 4.45. The smallest absolute Gasteiger partial charge is 0.318 e. The molecule has 0 aromatic heterocycles. The van der Waals surface area contributed by atoms with Gasteiger partial charge in [0.05, 0.1) is 0 Å². The number of carbonyl (C=O) groups is 2. The molecular weight excluding hydrogens is 206 g/mol. The van der Waals surface area contributed by atoms with E-state index in [4.69, 9.17) is 5.73 Å². The normalized spacial score (nSPS) is 32.2.